The number of carbonyl (C=O) groups excluding carboxylic acids is 1. The molecule has 0 atom stereocenters. The molecule has 4 heteroatoms. The third-order valence-electron chi connectivity index (χ3n) is 3.30. The molecule has 1 amide bonds. The molecule has 0 aromatic rings. The van der Waals surface area contributed by atoms with Gasteiger partial charge in [-0.15, -0.1) is 0 Å². The van der Waals surface area contributed by atoms with Gasteiger partial charge in [0.15, 0.2) is 0 Å². The first kappa shape index (κ1) is 12.5. The summed E-state index contributed by atoms with van der Waals surface area (Å²) >= 11 is 0. The maximum Gasteiger partial charge on any atom is 0.209 e. The summed E-state index contributed by atoms with van der Waals surface area (Å²) in [6, 6.07) is 0.696. The zero-order valence-corrected chi connectivity index (χ0v) is 10.1. The van der Waals surface area contributed by atoms with Crippen molar-refractivity contribution in [2.24, 2.45) is 0 Å². The molecule has 1 rings (SSSR count). The molecule has 1 aliphatic rings. The molecule has 0 aromatic carbocycles. The van der Waals surface area contributed by atoms with Gasteiger partial charge in [-0.3, -0.25) is 4.79 Å². The van der Waals surface area contributed by atoms with Gasteiger partial charge < -0.3 is 14.7 Å². The van der Waals surface area contributed by atoms with E-state index < -0.39 is 0 Å². The Hall–Kier alpha value is -0.610. The summed E-state index contributed by atoms with van der Waals surface area (Å²) in [5, 5.41) is 0. The maximum absolute atomic E-state index is 10.4. The standard InChI is InChI=1S/C11H23N3O/c1-12-6-4-11(5-7-12)14(3)9-8-13(2)10-15/h10-11H,4-9H2,1-3H3. The molecule has 0 radical (unpaired) electrons. The van der Waals surface area contributed by atoms with Crippen molar-refractivity contribution in [3.05, 3.63) is 0 Å². The summed E-state index contributed by atoms with van der Waals surface area (Å²) in [5.74, 6) is 0. The van der Waals surface area contributed by atoms with Crippen LogP contribution in [0.2, 0.25) is 0 Å². The van der Waals surface area contributed by atoms with Crippen LogP contribution in [0.25, 0.3) is 0 Å². The van der Waals surface area contributed by atoms with Gasteiger partial charge in [0.2, 0.25) is 6.41 Å². The Balaban J connectivity index is 2.21. The lowest BCUT2D eigenvalue weighted by molar-refractivity contribution is -0.117. The van der Waals surface area contributed by atoms with E-state index in [1.807, 2.05) is 7.05 Å². The molecule has 0 aliphatic carbocycles. The van der Waals surface area contributed by atoms with Gasteiger partial charge in [0, 0.05) is 26.2 Å². The number of piperidine rings is 1. The number of hydrogen-bond acceptors (Lipinski definition) is 3. The molecule has 0 unspecified atom stereocenters. The number of likely N-dealkylation sites (tertiary alicyclic amines) is 1. The van der Waals surface area contributed by atoms with Crippen LogP contribution < -0.4 is 0 Å². The highest BCUT2D eigenvalue weighted by Gasteiger charge is 2.20. The molecule has 4 nitrogen and oxygen atoms in total. The minimum Gasteiger partial charge on any atom is -0.347 e. The first-order valence-electron chi connectivity index (χ1n) is 5.68. The van der Waals surface area contributed by atoms with Crippen molar-refractivity contribution in [2.45, 2.75) is 18.9 Å². The Morgan fingerprint density at radius 3 is 2.40 bits per heavy atom. The fraction of sp³-hybridized carbons (Fsp3) is 0.909. The second kappa shape index (κ2) is 6.08. The number of rotatable bonds is 5. The van der Waals surface area contributed by atoms with Crippen molar-refractivity contribution < 1.29 is 4.79 Å². The van der Waals surface area contributed by atoms with E-state index in [-0.39, 0.29) is 0 Å². The lowest BCUT2D eigenvalue weighted by Crippen LogP contribution is -2.44. The van der Waals surface area contributed by atoms with Gasteiger partial charge in [0.25, 0.3) is 0 Å². The highest BCUT2D eigenvalue weighted by molar-refractivity contribution is 5.46. The Labute approximate surface area is 92.8 Å². The lowest BCUT2D eigenvalue weighted by atomic mass is 10.0. The van der Waals surface area contributed by atoms with Crippen molar-refractivity contribution in [2.75, 3.05) is 47.3 Å². The Morgan fingerprint density at radius 2 is 1.87 bits per heavy atom. The largest absolute Gasteiger partial charge is 0.347 e. The van der Waals surface area contributed by atoms with Crippen molar-refractivity contribution in [1.29, 1.82) is 0 Å². The van der Waals surface area contributed by atoms with Crippen LogP contribution in [0.4, 0.5) is 0 Å². The smallest absolute Gasteiger partial charge is 0.209 e. The molecular formula is C11H23N3O. The summed E-state index contributed by atoms with van der Waals surface area (Å²) in [6.45, 7) is 4.19. The SMILES string of the molecule is CN(C=O)CCN(C)C1CCN(C)CC1. The van der Waals surface area contributed by atoms with Crippen molar-refractivity contribution in [3.63, 3.8) is 0 Å². The number of carbonyl (C=O) groups is 1. The summed E-state index contributed by atoms with van der Waals surface area (Å²) in [6.07, 6.45) is 3.39. The number of hydrogen-bond donors (Lipinski definition) is 0. The molecule has 1 fully saturated rings. The maximum atomic E-state index is 10.4. The monoisotopic (exact) mass is 213 g/mol. The molecule has 1 heterocycles. The molecule has 0 aromatic heterocycles. The van der Waals surface area contributed by atoms with Gasteiger partial charge in [-0.25, -0.2) is 0 Å². The van der Waals surface area contributed by atoms with Gasteiger partial charge in [0.05, 0.1) is 0 Å². The van der Waals surface area contributed by atoms with Crippen LogP contribution in [0, 0.1) is 0 Å². The summed E-state index contributed by atoms with van der Waals surface area (Å²) in [5.41, 5.74) is 0. The molecule has 0 spiro atoms. The predicted molar refractivity (Wildman–Crippen MR) is 61.8 cm³/mol. The van der Waals surface area contributed by atoms with Gasteiger partial charge in [-0.05, 0) is 40.0 Å². The molecule has 1 aliphatic heterocycles. The van der Waals surface area contributed by atoms with E-state index in [0.29, 0.717) is 6.04 Å². The Bertz CT molecular complexity index is 190. The summed E-state index contributed by atoms with van der Waals surface area (Å²) in [4.78, 5) is 16.9. The molecule has 0 bridgehead atoms. The van der Waals surface area contributed by atoms with Crippen LogP contribution in [0.3, 0.4) is 0 Å². The van der Waals surface area contributed by atoms with Crippen LogP contribution in [-0.2, 0) is 4.79 Å². The normalized spacial score (nSPS) is 19.5. The third kappa shape index (κ3) is 4.18. The van der Waals surface area contributed by atoms with E-state index in [4.69, 9.17) is 0 Å². The zero-order chi connectivity index (χ0) is 11.3. The second-order valence-corrected chi connectivity index (χ2v) is 4.60. The van der Waals surface area contributed by atoms with Crippen LogP contribution in [-0.4, -0.2) is 74.5 Å². The van der Waals surface area contributed by atoms with Gasteiger partial charge in [-0.2, -0.15) is 0 Å². The predicted octanol–water partition coefficient (Wildman–Crippen LogP) is 0.101. The van der Waals surface area contributed by atoms with E-state index in [2.05, 4.69) is 23.9 Å². The first-order chi connectivity index (χ1) is 7.13. The van der Waals surface area contributed by atoms with E-state index in [9.17, 15) is 4.79 Å². The zero-order valence-electron chi connectivity index (χ0n) is 10.1. The Kier molecular flexibility index (Phi) is 5.05. The minimum absolute atomic E-state index is 0.696. The third-order valence-corrected chi connectivity index (χ3v) is 3.30. The van der Waals surface area contributed by atoms with Gasteiger partial charge in [0.1, 0.15) is 0 Å². The summed E-state index contributed by atoms with van der Waals surface area (Å²) < 4.78 is 0. The molecule has 1 saturated heterocycles. The number of amides is 1. The fourth-order valence-corrected chi connectivity index (χ4v) is 1.99. The average Bonchev–Trinajstić information content (AvgIpc) is 2.26. The van der Waals surface area contributed by atoms with Crippen molar-refractivity contribution >= 4 is 6.41 Å². The number of nitrogens with zero attached hydrogens (tertiary/aromatic N) is 3. The topological polar surface area (TPSA) is 26.8 Å². The molecule has 0 saturated carbocycles. The van der Waals surface area contributed by atoms with Gasteiger partial charge in [-0.1, -0.05) is 0 Å². The highest BCUT2D eigenvalue weighted by atomic mass is 16.1. The van der Waals surface area contributed by atoms with Gasteiger partial charge >= 0.3 is 0 Å². The first-order valence-corrected chi connectivity index (χ1v) is 5.68. The van der Waals surface area contributed by atoms with E-state index in [1.165, 1.54) is 25.9 Å². The molecule has 15 heavy (non-hydrogen) atoms. The van der Waals surface area contributed by atoms with E-state index in [0.717, 1.165) is 19.5 Å². The highest BCUT2D eigenvalue weighted by Crippen LogP contribution is 2.13. The van der Waals surface area contributed by atoms with E-state index in [1.54, 1.807) is 4.90 Å². The summed E-state index contributed by atoms with van der Waals surface area (Å²) in [7, 11) is 6.17. The lowest BCUT2D eigenvalue weighted by Gasteiger charge is -2.35. The average molecular weight is 213 g/mol. The van der Waals surface area contributed by atoms with Crippen molar-refractivity contribution in [1.82, 2.24) is 14.7 Å². The second-order valence-electron chi connectivity index (χ2n) is 4.60. The number of likely N-dealkylation sites (N-methyl/N-ethyl adjacent to an activating group) is 2. The van der Waals surface area contributed by atoms with Crippen LogP contribution in [0.5, 0.6) is 0 Å². The van der Waals surface area contributed by atoms with Crippen LogP contribution in [0.15, 0.2) is 0 Å². The van der Waals surface area contributed by atoms with Crippen LogP contribution >= 0.6 is 0 Å². The molecule has 0 N–H and O–H groups in total. The van der Waals surface area contributed by atoms with Crippen LogP contribution in [0.1, 0.15) is 12.8 Å². The van der Waals surface area contributed by atoms with Crippen molar-refractivity contribution in [3.8, 4) is 0 Å². The quantitative estimate of drug-likeness (QED) is 0.606. The minimum atomic E-state index is 0.696. The molecular weight excluding hydrogens is 190 g/mol. The van der Waals surface area contributed by atoms with E-state index >= 15 is 0 Å². The molecule has 88 valence electrons. The Morgan fingerprint density at radius 1 is 1.27 bits per heavy atom. The fourth-order valence-electron chi connectivity index (χ4n) is 1.99.